The number of rotatable bonds is 6. The minimum absolute atomic E-state index is 0.00282. The Labute approximate surface area is 108 Å². The number of aliphatic hydroxyl groups excluding tert-OH is 2. The Morgan fingerprint density at radius 3 is 2.72 bits per heavy atom. The Morgan fingerprint density at radius 1 is 1.56 bits per heavy atom. The first kappa shape index (κ1) is 14.8. The first-order valence-corrected chi connectivity index (χ1v) is 6.38. The summed E-state index contributed by atoms with van der Waals surface area (Å²) < 4.78 is 0. The van der Waals surface area contributed by atoms with Crippen molar-refractivity contribution in [3.8, 4) is 0 Å². The number of nitrogens with zero attached hydrogens (tertiary/aromatic N) is 2. The minimum Gasteiger partial charge on any atom is -0.476 e. The van der Waals surface area contributed by atoms with Crippen LogP contribution < -0.4 is 5.32 Å². The number of hydrogen-bond acceptors (Lipinski definition) is 7. The van der Waals surface area contributed by atoms with Gasteiger partial charge in [0, 0.05) is 18.3 Å². The van der Waals surface area contributed by atoms with Gasteiger partial charge in [0.15, 0.2) is 10.9 Å². The van der Waals surface area contributed by atoms with Crippen LogP contribution in [0.5, 0.6) is 0 Å². The molecule has 18 heavy (non-hydrogen) atoms. The smallest absolute Gasteiger partial charge is 0.355 e. The maximum atomic E-state index is 11.1. The van der Waals surface area contributed by atoms with Crippen molar-refractivity contribution in [3.05, 3.63) is 17.5 Å². The standard InChI is InChI=1S/C10H15N3O4S/c1-11-4-6(14)8(15)5-3-12-10(18-2)13-7(5)9(16)17/h3,6,8,11,14-15H,4H2,1-2H3,(H,16,17). The largest absolute Gasteiger partial charge is 0.476 e. The lowest BCUT2D eigenvalue weighted by Crippen LogP contribution is -2.30. The molecule has 0 aliphatic rings. The number of carboxylic acid groups (broad SMARTS) is 1. The van der Waals surface area contributed by atoms with E-state index >= 15 is 0 Å². The zero-order chi connectivity index (χ0) is 13.7. The average Bonchev–Trinajstić information content (AvgIpc) is 2.37. The first-order chi connectivity index (χ1) is 8.51. The van der Waals surface area contributed by atoms with E-state index in [1.807, 2.05) is 0 Å². The Bertz CT molecular complexity index is 430. The summed E-state index contributed by atoms with van der Waals surface area (Å²) in [6.45, 7) is 0.129. The molecule has 0 aromatic carbocycles. The lowest BCUT2D eigenvalue weighted by atomic mass is 10.0. The van der Waals surface area contributed by atoms with Crippen molar-refractivity contribution in [1.29, 1.82) is 0 Å². The Kier molecular flexibility index (Phi) is 5.48. The molecule has 1 heterocycles. The molecule has 0 amide bonds. The molecule has 2 atom stereocenters. The van der Waals surface area contributed by atoms with Crippen molar-refractivity contribution in [2.45, 2.75) is 17.4 Å². The van der Waals surface area contributed by atoms with E-state index in [0.717, 1.165) is 0 Å². The normalized spacial score (nSPS) is 14.2. The van der Waals surface area contributed by atoms with E-state index in [1.54, 1.807) is 13.3 Å². The van der Waals surface area contributed by atoms with Crippen molar-refractivity contribution in [2.24, 2.45) is 0 Å². The highest BCUT2D eigenvalue weighted by molar-refractivity contribution is 7.98. The molecular formula is C10H15N3O4S. The third-order valence-corrected chi connectivity index (χ3v) is 2.84. The van der Waals surface area contributed by atoms with Gasteiger partial charge in [-0.15, -0.1) is 0 Å². The van der Waals surface area contributed by atoms with E-state index in [9.17, 15) is 15.0 Å². The molecule has 0 spiro atoms. The van der Waals surface area contributed by atoms with Crippen molar-refractivity contribution in [2.75, 3.05) is 19.8 Å². The van der Waals surface area contributed by atoms with E-state index in [4.69, 9.17) is 5.11 Å². The highest BCUT2D eigenvalue weighted by atomic mass is 32.2. The van der Waals surface area contributed by atoms with Gasteiger partial charge in [-0.2, -0.15) is 0 Å². The van der Waals surface area contributed by atoms with Crippen LogP contribution in [0.2, 0.25) is 0 Å². The van der Waals surface area contributed by atoms with Crippen molar-refractivity contribution < 1.29 is 20.1 Å². The second-order valence-electron chi connectivity index (χ2n) is 3.54. The van der Waals surface area contributed by atoms with Crippen LogP contribution in [0.1, 0.15) is 22.2 Å². The number of likely N-dealkylation sites (N-methyl/N-ethyl adjacent to an activating group) is 1. The first-order valence-electron chi connectivity index (χ1n) is 5.16. The summed E-state index contributed by atoms with van der Waals surface area (Å²) in [6, 6.07) is 0. The molecule has 0 saturated carbocycles. The number of aromatic nitrogens is 2. The van der Waals surface area contributed by atoms with Gasteiger partial charge in [-0.05, 0) is 13.3 Å². The lowest BCUT2D eigenvalue weighted by Gasteiger charge is -2.18. The van der Waals surface area contributed by atoms with E-state index in [2.05, 4.69) is 15.3 Å². The molecule has 4 N–H and O–H groups in total. The third-order valence-electron chi connectivity index (χ3n) is 2.28. The molecule has 1 rings (SSSR count). The van der Waals surface area contributed by atoms with Gasteiger partial charge >= 0.3 is 5.97 Å². The summed E-state index contributed by atoms with van der Waals surface area (Å²) in [4.78, 5) is 18.8. The fraction of sp³-hybridized carbons (Fsp3) is 0.500. The van der Waals surface area contributed by atoms with Gasteiger partial charge in [0.05, 0.1) is 6.10 Å². The summed E-state index contributed by atoms with van der Waals surface area (Å²) in [5.74, 6) is -1.27. The van der Waals surface area contributed by atoms with Gasteiger partial charge in [-0.25, -0.2) is 14.8 Å². The van der Waals surface area contributed by atoms with Gasteiger partial charge in [0.2, 0.25) is 0 Å². The molecule has 0 aliphatic heterocycles. The van der Waals surface area contributed by atoms with E-state index < -0.39 is 18.2 Å². The molecule has 1 aromatic rings. The number of carbonyl (C=O) groups is 1. The zero-order valence-corrected chi connectivity index (χ0v) is 10.8. The fourth-order valence-electron chi connectivity index (χ4n) is 1.39. The van der Waals surface area contributed by atoms with Crippen molar-refractivity contribution in [1.82, 2.24) is 15.3 Å². The maximum Gasteiger partial charge on any atom is 0.355 e. The topological polar surface area (TPSA) is 116 Å². The highest BCUT2D eigenvalue weighted by Crippen LogP contribution is 2.21. The Hall–Kier alpha value is -1.22. The van der Waals surface area contributed by atoms with Crippen LogP contribution in [0.4, 0.5) is 0 Å². The van der Waals surface area contributed by atoms with E-state index in [0.29, 0.717) is 5.16 Å². The van der Waals surface area contributed by atoms with E-state index in [1.165, 1.54) is 18.0 Å². The van der Waals surface area contributed by atoms with Gasteiger partial charge in [-0.1, -0.05) is 11.8 Å². The summed E-state index contributed by atoms with van der Waals surface area (Å²) >= 11 is 1.20. The number of aliphatic hydroxyl groups is 2. The molecule has 1 aromatic heterocycles. The molecule has 7 nitrogen and oxygen atoms in total. The van der Waals surface area contributed by atoms with Crippen molar-refractivity contribution >= 4 is 17.7 Å². The van der Waals surface area contributed by atoms with Gasteiger partial charge in [0.25, 0.3) is 0 Å². The number of thioether (sulfide) groups is 1. The Morgan fingerprint density at radius 2 is 2.22 bits per heavy atom. The summed E-state index contributed by atoms with van der Waals surface area (Å²) in [5.41, 5.74) is -0.292. The molecule has 2 unspecified atom stereocenters. The van der Waals surface area contributed by atoms with Gasteiger partial charge < -0.3 is 20.6 Å². The molecule has 0 radical (unpaired) electrons. The summed E-state index contributed by atoms with van der Waals surface area (Å²) in [5, 5.41) is 31.5. The number of hydrogen-bond donors (Lipinski definition) is 4. The fourth-order valence-corrected chi connectivity index (χ4v) is 1.73. The third kappa shape index (κ3) is 3.39. The number of nitrogens with one attached hydrogen (secondary N) is 1. The molecule has 8 heteroatoms. The number of aromatic carboxylic acids is 1. The monoisotopic (exact) mass is 273 g/mol. The molecule has 0 saturated heterocycles. The average molecular weight is 273 g/mol. The molecule has 0 fully saturated rings. The molecular weight excluding hydrogens is 258 g/mol. The van der Waals surface area contributed by atoms with Crippen LogP contribution in [0.25, 0.3) is 0 Å². The van der Waals surface area contributed by atoms with Gasteiger partial charge in [0.1, 0.15) is 6.10 Å². The Balaban J connectivity index is 3.10. The van der Waals surface area contributed by atoms with Crippen LogP contribution in [-0.2, 0) is 0 Å². The second-order valence-corrected chi connectivity index (χ2v) is 4.31. The zero-order valence-electron chi connectivity index (χ0n) is 9.99. The maximum absolute atomic E-state index is 11.1. The van der Waals surface area contributed by atoms with Gasteiger partial charge in [-0.3, -0.25) is 0 Å². The summed E-state index contributed by atoms with van der Waals surface area (Å²) in [6.07, 6.45) is 0.468. The van der Waals surface area contributed by atoms with Crippen LogP contribution in [-0.4, -0.2) is 57.2 Å². The lowest BCUT2D eigenvalue weighted by molar-refractivity contribution is 0.0185. The van der Waals surface area contributed by atoms with Crippen LogP contribution in [0.3, 0.4) is 0 Å². The van der Waals surface area contributed by atoms with Crippen LogP contribution in [0, 0.1) is 0 Å². The molecule has 0 aliphatic carbocycles. The molecule has 0 bridgehead atoms. The SMILES string of the molecule is CNCC(O)C(O)c1cnc(SC)nc1C(=O)O. The van der Waals surface area contributed by atoms with E-state index in [-0.39, 0.29) is 17.8 Å². The summed E-state index contributed by atoms with van der Waals surface area (Å²) in [7, 11) is 1.61. The quantitative estimate of drug-likeness (QED) is 0.405. The second kappa shape index (κ2) is 6.64. The minimum atomic E-state index is -1.35. The van der Waals surface area contributed by atoms with Crippen LogP contribution >= 0.6 is 11.8 Å². The number of carboxylic acids is 1. The van der Waals surface area contributed by atoms with Crippen LogP contribution in [0.15, 0.2) is 11.4 Å². The van der Waals surface area contributed by atoms with Crippen molar-refractivity contribution in [3.63, 3.8) is 0 Å². The predicted molar refractivity (Wildman–Crippen MR) is 65.7 cm³/mol. The molecule has 100 valence electrons. The predicted octanol–water partition coefficient (Wildman–Crippen LogP) is -0.490. The highest BCUT2D eigenvalue weighted by Gasteiger charge is 2.25.